The van der Waals surface area contributed by atoms with Gasteiger partial charge in [-0.15, -0.1) is 0 Å². The average molecular weight is 529 g/mol. The molecule has 0 bridgehead atoms. The van der Waals surface area contributed by atoms with Crippen molar-refractivity contribution in [3.05, 3.63) is 83.8 Å². The largest absolute Gasteiger partial charge is 0.439 e. The van der Waals surface area contributed by atoms with Crippen molar-refractivity contribution in [2.75, 3.05) is 19.0 Å². The number of fused-ring (bicyclic) bond motifs is 1. The standard InChI is InChI=1S/C14H15NO.C11H13N3.C7H14.C2H6/c1-3-12-5-4-10-15-14(12)16-13-8-6-11(2)7-9-13;1-8-12-10-7-5-4-6-9(10)11(13-8)14(2)3;1-7-5-3-2-4-6-7;1-2/h4-10H,3H2,1-2H3;4-7H,1-3H3;7H,2-6H2,1H3;1-2H3. The number of aromatic nitrogens is 3. The van der Waals surface area contributed by atoms with Gasteiger partial charge in [0.15, 0.2) is 0 Å². The summed E-state index contributed by atoms with van der Waals surface area (Å²) in [5.41, 5.74) is 3.36. The van der Waals surface area contributed by atoms with Gasteiger partial charge in [0, 0.05) is 31.2 Å². The van der Waals surface area contributed by atoms with Crippen molar-refractivity contribution in [1.29, 1.82) is 0 Å². The molecule has 1 fully saturated rings. The molecule has 5 rings (SSSR count). The fourth-order valence-electron chi connectivity index (χ4n) is 4.32. The Morgan fingerprint density at radius 1 is 0.846 bits per heavy atom. The molecule has 2 heterocycles. The zero-order chi connectivity index (χ0) is 28.6. The minimum atomic E-state index is 0.703. The van der Waals surface area contributed by atoms with Crippen LogP contribution in [0.25, 0.3) is 10.9 Å². The Morgan fingerprint density at radius 2 is 1.51 bits per heavy atom. The summed E-state index contributed by atoms with van der Waals surface area (Å²) in [6.07, 6.45) is 10.1. The van der Waals surface area contributed by atoms with Gasteiger partial charge >= 0.3 is 0 Å². The summed E-state index contributed by atoms with van der Waals surface area (Å²) in [4.78, 5) is 15.1. The molecular weight excluding hydrogens is 480 g/mol. The summed E-state index contributed by atoms with van der Waals surface area (Å²) in [6, 6.07) is 20.0. The van der Waals surface area contributed by atoms with Crippen LogP contribution in [0.3, 0.4) is 0 Å². The van der Waals surface area contributed by atoms with E-state index in [0.717, 1.165) is 46.2 Å². The van der Waals surface area contributed by atoms with Crippen LogP contribution >= 0.6 is 0 Å². The second-order valence-corrected chi connectivity index (χ2v) is 9.99. The van der Waals surface area contributed by atoms with Crippen LogP contribution in [0.5, 0.6) is 11.6 Å². The molecule has 0 saturated heterocycles. The van der Waals surface area contributed by atoms with E-state index in [2.05, 4.69) is 35.7 Å². The Hall–Kier alpha value is -3.47. The highest BCUT2D eigenvalue weighted by molar-refractivity contribution is 5.89. The maximum atomic E-state index is 5.74. The maximum Gasteiger partial charge on any atom is 0.222 e. The lowest BCUT2D eigenvalue weighted by molar-refractivity contribution is 0.385. The van der Waals surface area contributed by atoms with Crippen molar-refractivity contribution in [1.82, 2.24) is 15.0 Å². The number of anilines is 1. The van der Waals surface area contributed by atoms with Gasteiger partial charge in [0.25, 0.3) is 0 Å². The molecule has 5 nitrogen and oxygen atoms in total. The molecule has 4 aromatic rings. The van der Waals surface area contributed by atoms with E-state index in [-0.39, 0.29) is 0 Å². The molecule has 0 amide bonds. The molecule has 0 atom stereocenters. The van der Waals surface area contributed by atoms with Crippen molar-refractivity contribution in [2.45, 2.75) is 80.1 Å². The number of rotatable bonds is 4. The highest BCUT2D eigenvalue weighted by atomic mass is 16.5. The molecule has 2 aromatic heterocycles. The van der Waals surface area contributed by atoms with Gasteiger partial charge in [0.2, 0.25) is 5.88 Å². The van der Waals surface area contributed by atoms with Gasteiger partial charge < -0.3 is 9.64 Å². The van der Waals surface area contributed by atoms with Crippen LogP contribution in [0.15, 0.2) is 66.9 Å². The molecule has 0 radical (unpaired) electrons. The fourth-order valence-corrected chi connectivity index (χ4v) is 4.32. The predicted octanol–water partition coefficient (Wildman–Crippen LogP) is 9.36. The predicted molar refractivity (Wildman–Crippen MR) is 167 cm³/mol. The highest BCUT2D eigenvalue weighted by Crippen LogP contribution is 2.24. The van der Waals surface area contributed by atoms with Gasteiger partial charge in [0.1, 0.15) is 17.4 Å². The molecule has 0 aliphatic heterocycles. The normalized spacial score (nSPS) is 12.6. The third kappa shape index (κ3) is 10.7. The summed E-state index contributed by atoms with van der Waals surface area (Å²) in [6.45, 7) is 12.4. The Bertz CT molecular complexity index is 1230. The van der Waals surface area contributed by atoms with E-state index >= 15 is 0 Å². The van der Waals surface area contributed by atoms with Gasteiger partial charge in [-0.3, -0.25) is 0 Å². The molecule has 39 heavy (non-hydrogen) atoms. The van der Waals surface area contributed by atoms with Crippen molar-refractivity contribution < 1.29 is 4.74 Å². The summed E-state index contributed by atoms with van der Waals surface area (Å²) in [5.74, 6) is 4.36. The number of aryl methyl sites for hydroxylation is 3. The molecular formula is C34H48N4O. The van der Waals surface area contributed by atoms with E-state index in [4.69, 9.17) is 4.74 Å². The van der Waals surface area contributed by atoms with E-state index in [0.29, 0.717) is 5.88 Å². The number of nitrogens with zero attached hydrogens (tertiary/aromatic N) is 4. The first kappa shape index (κ1) is 31.7. The Labute approximate surface area is 236 Å². The summed E-state index contributed by atoms with van der Waals surface area (Å²) >= 11 is 0. The van der Waals surface area contributed by atoms with Crippen molar-refractivity contribution in [2.24, 2.45) is 5.92 Å². The molecule has 0 unspecified atom stereocenters. The number of para-hydroxylation sites is 1. The lowest BCUT2D eigenvalue weighted by atomic mass is 9.91. The molecule has 1 saturated carbocycles. The molecule has 0 spiro atoms. The summed E-state index contributed by atoms with van der Waals surface area (Å²) < 4.78 is 5.74. The number of pyridine rings is 1. The second-order valence-electron chi connectivity index (χ2n) is 9.99. The Balaban J connectivity index is 0.000000211. The molecule has 1 aliphatic carbocycles. The molecule has 210 valence electrons. The van der Waals surface area contributed by atoms with Crippen LogP contribution in [0, 0.1) is 19.8 Å². The minimum absolute atomic E-state index is 0.703. The minimum Gasteiger partial charge on any atom is -0.439 e. The molecule has 2 aromatic carbocycles. The van der Waals surface area contributed by atoms with Crippen LogP contribution in [0.4, 0.5) is 5.82 Å². The zero-order valence-electron chi connectivity index (χ0n) is 25.4. The van der Waals surface area contributed by atoms with Gasteiger partial charge in [-0.25, -0.2) is 15.0 Å². The van der Waals surface area contributed by atoms with E-state index in [1.807, 2.05) is 100 Å². The van der Waals surface area contributed by atoms with Gasteiger partial charge in [-0.05, 0) is 56.5 Å². The third-order valence-electron chi connectivity index (χ3n) is 6.48. The van der Waals surface area contributed by atoms with Crippen molar-refractivity contribution in [3.8, 4) is 11.6 Å². The Kier molecular flexibility index (Phi) is 14.0. The number of hydrogen-bond donors (Lipinski definition) is 0. The lowest BCUT2D eigenvalue weighted by Crippen LogP contribution is -2.12. The first-order chi connectivity index (χ1) is 18.9. The van der Waals surface area contributed by atoms with Crippen LogP contribution in [0.2, 0.25) is 0 Å². The smallest absolute Gasteiger partial charge is 0.222 e. The monoisotopic (exact) mass is 528 g/mol. The first-order valence-corrected chi connectivity index (χ1v) is 14.5. The van der Waals surface area contributed by atoms with E-state index in [1.165, 1.54) is 37.7 Å². The third-order valence-corrected chi connectivity index (χ3v) is 6.48. The first-order valence-electron chi connectivity index (χ1n) is 14.5. The molecule has 1 aliphatic rings. The van der Waals surface area contributed by atoms with Gasteiger partial charge in [-0.1, -0.05) is 95.7 Å². The van der Waals surface area contributed by atoms with Gasteiger partial charge in [0.05, 0.1) is 5.52 Å². The number of benzene rings is 2. The van der Waals surface area contributed by atoms with Crippen LogP contribution < -0.4 is 9.64 Å². The topological polar surface area (TPSA) is 51.1 Å². The van der Waals surface area contributed by atoms with Crippen LogP contribution in [-0.2, 0) is 6.42 Å². The fraction of sp³-hybridized carbons (Fsp3) is 0.441. The van der Waals surface area contributed by atoms with Crippen LogP contribution in [0.1, 0.15) is 76.8 Å². The SMILES string of the molecule is CC.CC1CCCCC1.CCc1cccnc1Oc1ccc(C)cc1.Cc1nc(N(C)C)c2ccccc2n1. The number of ether oxygens (including phenoxy) is 1. The van der Waals surface area contributed by atoms with E-state index in [1.54, 1.807) is 6.20 Å². The summed E-state index contributed by atoms with van der Waals surface area (Å²) in [7, 11) is 3.99. The molecule has 0 N–H and O–H groups in total. The Morgan fingerprint density at radius 3 is 2.10 bits per heavy atom. The van der Waals surface area contributed by atoms with E-state index < -0.39 is 0 Å². The van der Waals surface area contributed by atoms with E-state index in [9.17, 15) is 0 Å². The zero-order valence-corrected chi connectivity index (χ0v) is 25.4. The highest BCUT2D eigenvalue weighted by Gasteiger charge is 2.07. The van der Waals surface area contributed by atoms with Crippen molar-refractivity contribution in [3.63, 3.8) is 0 Å². The second kappa shape index (κ2) is 17.2. The number of hydrogen-bond acceptors (Lipinski definition) is 5. The maximum absolute atomic E-state index is 5.74. The lowest BCUT2D eigenvalue weighted by Gasteiger charge is -2.15. The quantitative estimate of drug-likeness (QED) is 0.264. The van der Waals surface area contributed by atoms with Gasteiger partial charge in [-0.2, -0.15) is 0 Å². The summed E-state index contributed by atoms with van der Waals surface area (Å²) in [5, 5.41) is 1.10. The van der Waals surface area contributed by atoms with Crippen LogP contribution in [-0.4, -0.2) is 29.0 Å². The molecule has 5 heteroatoms. The average Bonchev–Trinajstić information content (AvgIpc) is 2.96. The van der Waals surface area contributed by atoms with Crippen molar-refractivity contribution >= 4 is 16.7 Å².